The molecule has 2 aromatic heterocycles. The van der Waals surface area contributed by atoms with E-state index >= 15 is 0 Å². The van der Waals surface area contributed by atoms with E-state index < -0.39 is 5.97 Å². The maximum absolute atomic E-state index is 12.8. The lowest BCUT2D eigenvalue weighted by Gasteiger charge is -2.30. The number of nitrogens with zero attached hydrogens (tertiary/aromatic N) is 3. The number of hydrogen-bond donors (Lipinski definition) is 0. The SMILES string of the molecule is CC1CN(C(=O)COC(=O)c2cc(-c3ccco3)nn2-c2ccccc2)CCO1. The predicted octanol–water partition coefficient (Wildman–Crippen LogP) is 2.54. The Morgan fingerprint density at radius 1 is 1.21 bits per heavy atom. The lowest BCUT2D eigenvalue weighted by atomic mass is 10.3. The molecule has 3 heterocycles. The van der Waals surface area contributed by atoms with Crippen LogP contribution in [0, 0.1) is 0 Å². The van der Waals surface area contributed by atoms with Crippen molar-refractivity contribution < 1.29 is 23.5 Å². The van der Waals surface area contributed by atoms with E-state index in [0.29, 0.717) is 36.8 Å². The van der Waals surface area contributed by atoms with E-state index in [-0.39, 0.29) is 24.3 Å². The Kier molecular flexibility index (Phi) is 5.44. The zero-order valence-electron chi connectivity index (χ0n) is 16.0. The van der Waals surface area contributed by atoms with Gasteiger partial charge in [0.25, 0.3) is 5.91 Å². The maximum Gasteiger partial charge on any atom is 0.357 e. The average Bonchev–Trinajstić information content (AvgIpc) is 3.42. The van der Waals surface area contributed by atoms with Crippen molar-refractivity contribution in [1.29, 1.82) is 0 Å². The number of rotatable bonds is 5. The first kappa shape index (κ1) is 18.9. The van der Waals surface area contributed by atoms with Gasteiger partial charge in [-0.05, 0) is 31.2 Å². The van der Waals surface area contributed by atoms with Crippen LogP contribution in [0.4, 0.5) is 0 Å². The van der Waals surface area contributed by atoms with Crippen LogP contribution in [0.5, 0.6) is 0 Å². The molecule has 3 aromatic rings. The third-order valence-electron chi connectivity index (χ3n) is 4.61. The molecular weight excluding hydrogens is 374 g/mol. The van der Waals surface area contributed by atoms with E-state index in [1.165, 1.54) is 10.9 Å². The Morgan fingerprint density at radius 3 is 2.76 bits per heavy atom. The molecular formula is C21H21N3O5. The highest BCUT2D eigenvalue weighted by Crippen LogP contribution is 2.22. The van der Waals surface area contributed by atoms with Crippen molar-refractivity contribution in [3.8, 4) is 17.1 Å². The van der Waals surface area contributed by atoms with Gasteiger partial charge in [-0.2, -0.15) is 5.10 Å². The van der Waals surface area contributed by atoms with Crippen LogP contribution in [0.1, 0.15) is 17.4 Å². The summed E-state index contributed by atoms with van der Waals surface area (Å²) in [4.78, 5) is 26.8. The zero-order chi connectivity index (χ0) is 20.2. The van der Waals surface area contributed by atoms with E-state index in [2.05, 4.69) is 5.10 Å². The Hall–Kier alpha value is -3.39. The molecule has 8 heteroatoms. The molecule has 1 aliphatic rings. The molecule has 8 nitrogen and oxygen atoms in total. The van der Waals surface area contributed by atoms with Crippen molar-refractivity contribution in [2.75, 3.05) is 26.3 Å². The molecule has 0 saturated carbocycles. The molecule has 1 atom stereocenters. The first-order valence-electron chi connectivity index (χ1n) is 9.37. The van der Waals surface area contributed by atoms with Gasteiger partial charge in [-0.1, -0.05) is 18.2 Å². The van der Waals surface area contributed by atoms with Crippen LogP contribution in [-0.4, -0.2) is 59.0 Å². The molecule has 0 N–H and O–H groups in total. The number of hydrogen-bond acceptors (Lipinski definition) is 6. The van der Waals surface area contributed by atoms with Crippen LogP contribution in [0.2, 0.25) is 0 Å². The molecule has 0 radical (unpaired) electrons. The first-order chi connectivity index (χ1) is 14.1. The number of morpholine rings is 1. The molecule has 1 unspecified atom stereocenters. The van der Waals surface area contributed by atoms with Crippen LogP contribution in [0.3, 0.4) is 0 Å². The standard InChI is InChI=1S/C21H21N3O5/c1-15-13-23(9-11-27-15)20(25)14-29-21(26)18-12-17(19-8-5-10-28-19)22-24(18)16-6-3-2-4-7-16/h2-8,10,12,15H,9,11,13-14H2,1H3. The molecule has 1 saturated heterocycles. The summed E-state index contributed by atoms with van der Waals surface area (Å²) < 4.78 is 17.6. The van der Waals surface area contributed by atoms with Crippen molar-refractivity contribution in [3.05, 3.63) is 60.5 Å². The number of amides is 1. The number of ether oxygens (including phenoxy) is 2. The lowest BCUT2D eigenvalue weighted by molar-refractivity contribution is -0.141. The second kappa shape index (κ2) is 8.32. The fraction of sp³-hybridized carbons (Fsp3) is 0.286. The van der Waals surface area contributed by atoms with Crippen LogP contribution in [-0.2, 0) is 14.3 Å². The minimum absolute atomic E-state index is 0.0289. The minimum Gasteiger partial charge on any atom is -0.463 e. The van der Waals surface area contributed by atoms with Crippen LogP contribution in [0.25, 0.3) is 17.1 Å². The summed E-state index contributed by atoms with van der Waals surface area (Å²) in [6, 6.07) is 14.3. The smallest absolute Gasteiger partial charge is 0.357 e. The third kappa shape index (κ3) is 4.22. The Bertz CT molecular complexity index is 981. The van der Waals surface area contributed by atoms with Gasteiger partial charge in [0.1, 0.15) is 5.69 Å². The van der Waals surface area contributed by atoms with E-state index in [9.17, 15) is 9.59 Å². The van der Waals surface area contributed by atoms with Crippen molar-refractivity contribution in [2.45, 2.75) is 13.0 Å². The van der Waals surface area contributed by atoms with Gasteiger partial charge in [-0.25, -0.2) is 9.48 Å². The van der Waals surface area contributed by atoms with Crippen molar-refractivity contribution in [3.63, 3.8) is 0 Å². The fourth-order valence-electron chi connectivity index (χ4n) is 3.17. The summed E-state index contributed by atoms with van der Waals surface area (Å²) in [6.45, 7) is 3.03. The quantitative estimate of drug-likeness (QED) is 0.617. The highest BCUT2D eigenvalue weighted by Gasteiger charge is 2.24. The average molecular weight is 395 g/mol. The Morgan fingerprint density at radius 2 is 2.03 bits per heavy atom. The molecule has 1 amide bonds. The minimum atomic E-state index is -0.631. The zero-order valence-corrected chi connectivity index (χ0v) is 16.0. The van der Waals surface area contributed by atoms with Crippen LogP contribution in [0.15, 0.2) is 59.2 Å². The monoisotopic (exact) mass is 395 g/mol. The summed E-state index contributed by atoms with van der Waals surface area (Å²) in [5.41, 5.74) is 1.41. The van der Waals surface area contributed by atoms with Crippen LogP contribution >= 0.6 is 0 Å². The largest absolute Gasteiger partial charge is 0.463 e. The predicted molar refractivity (Wildman–Crippen MR) is 104 cm³/mol. The topological polar surface area (TPSA) is 86.8 Å². The molecule has 0 spiro atoms. The molecule has 1 aliphatic heterocycles. The van der Waals surface area contributed by atoms with Gasteiger partial charge >= 0.3 is 5.97 Å². The molecule has 1 aromatic carbocycles. The molecule has 0 aliphatic carbocycles. The third-order valence-corrected chi connectivity index (χ3v) is 4.61. The van der Waals surface area contributed by atoms with Gasteiger partial charge in [0.05, 0.1) is 24.7 Å². The number of esters is 1. The molecule has 29 heavy (non-hydrogen) atoms. The number of aromatic nitrogens is 2. The Balaban J connectivity index is 1.53. The van der Waals surface area contributed by atoms with Gasteiger partial charge in [-0.15, -0.1) is 0 Å². The van der Waals surface area contributed by atoms with Gasteiger partial charge in [-0.3, -0.25) is 4.79 Å². The fourth-order valence-corrected chi connectivity index (χ4v) is 3.17. The van der Waals surface area contributed by atoms with Gasteiger partial charge < -0.3 is 18.8 Å². The molecule has 1 fully saturated rings. The number of para-hydroxylation sites is 1. The molecule has 0 bridgehead atoms. The van der Waals surface area contributed by atoms with E-state index in [1.54, 1.807) is 23.1 Å². The molecule has 150 valence electrons. The van der Waals surface area contributed by atoms with Crippen molar-refractivity contribution >= 4 is 11.9 Å². The van der Waals surface area contributed by atoms with Gasteiger partial charge in [0.15, 0.2) is 18.1 Å². The number of furan rings is 1. The summed E-state index contributed by atoms with van der Waals surface area (Å²) >= 11 is 0. The van der Waals surface area contributed by atoms with Crippen molar-refractivity contribution in [2.24, 2.45) is 0 Å². The normalized spacial score (nSPS) is 16.6. The van der Waals surface area contributed by atoms with Gasteiger partial charge in [0.2, 0.25) is 0 Å². The summed E-state index contributed by atoms with van der Waals surface area (Å²) in [5, 5.41) is 4.48. The highest BCUT2D eigenvalue weighted by atomic mass is 16.5. The lowest BCUT2D eigenvalue weighted by Crippen LogP contribution is -2.46. The summed E-state index contributed by atoms with van der Waals surface area (Å²) in [6.07, 6.45) is 1.51. The summed E-state index contributed by atoms with van der Waals surface area (Å²) in [5.74, 6) is -0.341. The van der Waals surface area contributed by atoms with E-state index in [1.807, 2.05) is 37.3 Å². The molecule has 4 rings (SSSR count). The summed E-state index contributed by atoms with van der Waals surface area (Å²) in [7, 11) is 0. The van der Waals surface area contributed by atoms with E-state index in [0.717, 1.165) is 0 Å². The number of carbonyl (C=O) groups excluding carboxylic acids is 2. The highest BCUT2D eigenvalue weighted by molar-refractivity contribution is 5.91. The second-order valence-corrected chi connectivity index (χ2v) is 6.74. The maximum atomic E-state index is 12.8. The van der Waals surface area contributed by atoms with Crippen LogP contribution < -0.4 is 0 Å². The first-order valence-corrected chi connectivity index (χ1v) is 9.37. The van der Waals surface area contributed by atoms with Crippen molar-refractivity contribution in [1.82, 2.24) is 14.7 Å². The second-order valence-electron chi connectivity index (χ2n) is 6.74. The van der Waals surface area contributed by atoms with E-state index in [4.69, 9.17) is 13.9 Å². The Labute approximate surface area is 167 Å². The number of carbonyl (C=O) groups is 2. The number of benzene rings is 1. The van der Waals surface area contributed by atoms with Gasteiger partial charge in [0, 0.05) is 19.2 Å².